The zero-order chi connectivity index (χ0) is 25.1. The van der Waals surface area contributed by atoms with E-state index < -0.39 is 11.7 Å². The fraction of sp³-hybridized carbons (Fsp3) is 0.0385. The number of hydrogen-bond acceptors (Lipinski definition) is 5. The minimum atomic E-state index is -4.42. The van der Waals surface area contributed by atoms with Crippen molar-refractivity contribution in [1.82, 2.24) is 14.8 Å². The Kier molecular flexibility index (Phi) is 6.34. The Bertz CT molecular complexity index is 1490. The van der Waals surface area contributed by atoms with Gasteiger partial charge in [0, 0.05) is 28.3 Å². The predicted molar refractivity (Wildman–Crippen MR) is 133 cm³/mol. The Morgan fingerprint density at radius 1 is 0.889 bits per heavy atom. The number of anilines is 1. The maximum Gasteiger partial charge on any atom is 0.416 e. The summed E-state index contributed by atoms with van der Waals surface area (Å²) in [7, 11) is 0. The summed E-state index contributed by atoms with van der Waals surface area (Å²) < 4.78 is 53.8. The number of benzene rings is 3. The highest BCUT2D eigenvalue weighted by Crippen LogP contribution is 2.31. The topological polar surface area (TPSA) is 55.1 Å². The fourth-order valence-corrected chi connectivity index (χ4v) is 4.14. The molecule has 0 fully saturated rings. The van der Waals surface area contributed by atoms with Gasteiger partial charge in [0.25, 0.3) is 0 Å². The van der Waals surface area contributed by atoms with Crippen molar-refractivity contribution in [3.63, 3.8) is 0 Å². The molecule has 0 saturated heterocycles. The third kappa shape index (κ3) is 5.18. The van der Waals surface area contributed by atoms with Crippen molar-refractivity contribution in [3.8, 4) is 28.2 Å². The first kappa shape index (κ1) is 23.4. The number of thiazole rings is 1. The summed E-state index contributed by atoms with van der Waals surface area (Å²) in [6, 6.07) is 20.2. The van der Waals surface area contributed by atoms with E-state index >= 15 is 0 Å². The number of para-hydroxylation sites is 1. The number of halogens is 4. The molecule has 0 aliphatic rings. The van der Waals surface area contributed by atoms with Crippen molar-refractivity contribution in [1.29, 1.82) is 0 Å². The van der Waals surface area contributed by atoms with Crippen LogP contribution in [0.25, 0.3) is 28.2 Å². The SMILES string of the molecule is Fc1ccc(-c2csc(N/N=C/c3cn(-c4ccccc4)nc3-c3ccc(C(F)(F)F)cc3)n2)cc1. The molecule has 180 valence electrons. The molecule has 5 nitrogen and oxygen atoms in total. The van der Waals surface area contributed by atoms with Crippen molar-refractivity contribution in [2.75, 3.05) is 5.43 Å². The van der Waals surface area contributed by atoms with Crippen LogP contribution in [0.5, 0.6) is 0 Å². The van der Waals surface area contributed by atoms with Gasteiger partial charge in [0.15, 0.2) is 0 Å². The van der Waals surface area contributed by atoms with Crippen LogP contribution < -0.4 is 5.43 Å². The van der Waals surface area contributed by atoms with E-state index in [-0.39, 0.29) is 5.82 Å². The first-order chi connectivity index (χ1) is 17.4. The molecule has 2 heterocycles. The number of alkyl halides is 3. The highest BCUT2D eigenvalue weighted by atomic mass is 32.1. The first-order valence-electron chi connectivity index (χ1n) is 10.7. The summed E-state index contributed by atoms with van der Waals surface area (Å²) in [4.78, 5) is 4.45. The number of hydrogen-bond donors (Lipinski definition) is 1. The van der Waals surface area contributed by atoms with Crippen LogP contribution in [-0.4, -0.2) is 21.0 Å². The van der Waals surface area contributed by atoms with E-state index in [4.69, 9.17) is 0 Å². The molecule has 5 aromatic rings. The zero-order valence-electron chi connectivity index (χ0n) is 18.4. The molecule has 0 bridgehead atoms. The second-order valence-electron chi connectivity index (χ2n) is 7.70. The average molecular weight is 508 g/mol. The Hall–Kier alpha value is -4.31. The maximum atomic E-state index is 13.2. The molecule has 0 aliphatic heterocycles. The second kappa shape index (κ2) is 9.74. The Balaban J connectivity index is 1.42. The Morgan fingerprint density at radius 2 is 1.58 bits per heavy atom. The van der Waals surface area contributed by atoms with Gasteiger partial charge in [0.05, 0.1) is 23.2 Å². The lowest BCUT2D eigenvalue weighted by atomic mass is 10.1. The van der Waals surface area contributed by atoms with Gasteiger partial charge >= 0.3 is 6.18 Å². The molecule has 1 N–H and O–H groups in total. The van der Waals surface area contributed by atoms with E-state index in [1.807, 2.05) is 35.7 Å². The van der Waals surface area contributed by atoms with Crippen LogP contribution in [-0.2, 0) is 6.18 Å². The molecule has 10 heteroatoms. The van der Waals surface area contributed by atoms with Gasteiger partial charge in [-0.3, -0.25) is 5.43 Å². The Labute approximate surface area is 207 Å². The molecule has 0 unspecified atom stereocenters. The molecule has 0 aliphatic carbocycles. The molecular formula is C26H17F4N5S. The zero-order valence-corrected chi connectivity index (χ0v) is 19.3. The van der Waals surface area contributed by atoms with Crippen molar-refractivity contribution in [2.45, 2.75) is 6.18 Å². The summed E-state index contributed by atoms with van der Waals surface area (Å²) >= 11 is 1.33. The summed E-state index contributed by atoms with van der Waals surface area (Å²) in [5.74, 6) is -0.322. The van der Waals surface area contributed by atoms with Crippen molar-refractivity contribution in [3.05, 3.63) is 107 Å². The van der Waals surface area contributed by atoms with Gasteiger partial charge < -0.3 is 0 Å². The van der Waals surface area contributed by atoms with Crippen LogP contribution >= 0.6 is 11.3 Å². The van der Waals surface area contributed by atoms with Gasteiger partial charge in [-0.15, -0.1) is 11.3 Å². The van der Waals surface area contributed by atoms with E-state index in [0.717, 1.165) is 23.4 Å². The molecule has 5 rings (SSSR count). The first-order valence-corrected chi connectivity index (χ1v) is 11.6. The van der Waals surface area contributed by atoms with E-state index in [2.05, 4.69) is 20.6 Å². The lowest BCUT2D eigenvalue weighted by Gasteiger charge is -2.07. The van der Waals surface area contributed by atoms with Crippen LogP contribution in [0.1, 0.15) is 11.1 Å². The number of aromatic nitrogens is 3. The average Bonchev–Trinajstić information content (AvgIpc) is 3.52. The van der Waals surface area contributed by atoms with Crippen molar-refractivity contribution in [2.24, 2.45) is 5.10 Å². The third-order valence-corrected chi connectivity index (χ3v) is 6.00. The van der Waals surface area contributed by atoms with Crippen LogP contribution in [0.4, 0.5) is 22.7 Å². The van der Waals surface area contributed by atoms with E-state index in [0.29, 0.717) is 27.6 Å². The monoisotopic (exact) mass is 507 g/mol. The maximum absolute atomic E-state index is 13.2. The molecule has 3 aromatic carbocycles. The minimum absolute atomic E-state index is 0.322. The van der Waals surface area contributed by atoms with E-state index in [1.54, 1.807) is 29.2 Å². The lowest BCUT2D eigenvalue weighted by Crippen LogP contribution is -2.04. The molecule has 0 radical (unpaired) electrons. The minimum Gasteiger partial charge on any atom is -0.253 e. The van der Waals surface area contributed by atoms with Crippen LogP contribution in [0, 0.1) is 5.82 Å². The van der Waals surface area contributed by atoms with E-state index in [1.165, 1.54) is 35.6 Å². The lowest BCUT2D eigenvalue weighted by molar-refractivity contribution is -0.137. The summed E-state index contributed by atoms with van der Waals surface area (Å²) in [5.41, 5.74) is 5.98. The predicted octanol–water partition coefficient (Wildman–Crippen LogP) is 7.27. The number of hydrazone groups is 1. The summed E-state index contributed by atoms with van der Waals surface area (Å²) in [6.45, 7) is 0. The van der Waals surface area contributed by atoms with Crippen molar-refractivity contribution < 1.29 is 17.6 Å². The van der Waals surface area contributed by atoms with Crippen molar-refractivity contribution >= 4 is 22.7 Å². The summed E-state index contributed by atoms with van der Waals surface area (Å²) in [6.07, 6.45) is -1.13. The number of rotatable bonds is 6. The fourth-order valence-electron chi connectivity index (χ4n) is 3.47. The molecule has 0 amide bonds. The summed E-state index contributed by atoms with van der Waals surface area (Å²) in [5, 5.41) is 11.2. The molecule has 0 spiro atoms. The molecule has 36 heavy (non-hydrogen) atoms. The second-order valence-corrected chi connectivity index (χ2v) is 8.56. The molecule has 0 atom stereocenters. The van der Waals surface area contributed by atoms with Gasteiger partial charge in [0.1, 0.15) is 11.5 Å². The standard InChI is InChI=1S/C26H17F4N5S/c27-21-12-8-17(9-13-21)23-16-36-25(32-23)33-31-14-19-15-35(22-4-2-1-3-5-22)34-24(19)18-6-10-20(11-7-18)26(28,29)30/h1-16H,(H,32,33)/b31-14+. The largest absolute Gasteiger partial charge is 0.416 e. The molecular weight excluding hydrogens is 490 g/mol. The van der Waals surface area contributed by atoms with E-state index in [9.17, 15) is 17.6 Å². The highest BCUT2D eigenvalue weighted by molar-refractivity contribution is 7.14. The van der Waals surface area contributed by atoms with Gasteiger partial charge in [-0.1, -0.05) is 30.3 Å². The normalized spacial score (nSPS) is 11.8. The Morgan fingerprint density at radius 3 is 2.28 bits per heavy atom. The van der Waals surface area contributed by atoms with Crippen LogP contribution in [0.2, 0.25) is 0 Å². The third-order valence-electron chi connectivity index (χ3n) is 5.26. The highest BCUT2D eigenvalue weighted by Gasteiger charge is 2.30. The quantitative estimate of drug-likeness (QED) is 0.149. The van der Waals surface area contributed by atoms with Crippen LogP contribution in [0.3, 0.4) is 0 Å². The van der Waals surface area contributed by atoms with Gasteiger partial charge in [-0.2, -0.15) is 23.4 Å². The smallest absolute Gasteiger partial charge is 0.253 e. The van der Waals surface area contributed by atoms with Crippen LogP contribution in [0.15, 0.2) is 95.5 Å². The molecule has 2 aromatic heterocycles. The van der Waals surface area contributed by atoms with Gasteiger partial charge in [0.2, 0.25) is 5.13 Å². The van der Waals surface area contributed by atoms with Gasteiger partial charge in [-0.05, 0) is 48.5 Å². The number of nitrogens with zero attached hydrogens (tertiary/aromatic N) is 4. The molecule has 0 saturated carbocycles. The number of nitrogens with one attached hydrogen (secondary N) is 1. The van der Waals surface area contributed by atoms with Gasteiger partial charge in [-0.25, -0.2) is 14.1 Å².